The molecule has 1 heterocycles. The lowest BCUT2D eigenvalue weighted by Gasteiger charge is -2.18. The van der Waals surface area contributed by atoms with Gasteiger partial charge in [-0.2, -0.15) is 0 Å². The minimum atomic E-state index is -0.749. The first-order valence-corrected chi connectivity index (χ1v) is 6.22. The van der Waals surface area contributed by atoms with Gasteiger partial charge in [0.05, 0.1) is 0 Å². The van der Waals surface area contributed by atoms with Gasteiger partial charge in [-0.1, -0.05) is 13.8 Å². The summed E-state index contributed by atoms with van der Waals surface area (Å²) in [6, 6.07) is 1.79. The number of nitrogens with one attached hydrogen (secondary N) is 1. The van der Waals surface area contributed by atoms with E-state index in [2.05, 4.69) is 29.1 Å². The molecule has 0 aliphatic heterocycles. The van der Waals surface area contributed by atoms with E-state index in [0.29, 0.717) is 18.3 Å². The molecule has 1 aromatic heterocycles. The number of rotatable bonds is 7. The molecule has 0 bridgehead atoms. The van der Waals surface area contributed by atoms with Crippen molar-refractivity contribution >= 4 is 11.8 Å². The van der Waals surface area contributed by atoms with Gasteiger partial charge in [-0.15, -0.1) is 0 Å². The number of nitrogens with zero attached hydrogens (tertiary/aromatic N) is 2. The summed E-state index contributed by atoms with van der Waals surface area (Å²) in [4.78, 5) is 19.1. The van der Waals surface area contributed by atoms with E-state index in [-0.39, 0.29) is 12.3 Å². The van der Waals surface area contributed by atoms with Gasteiger partial charge in [-0.3, -0.25) is 4.79 Å². The van der Waals surface area contributed by atoms with Crippen LogP contribution in [0.5, 0.6) is 0 Å². The van der Waals surface area contributed by atoms with Crippen LogP contribution >= 0.6 is 0 Å². The fourth-order valence-electron chi connectivity index (χ4n) is 1.96. The van der Waals surface area contributed by atoms with Gasteiger partial charge in [-0.05, 0) is 31.2 Å². The Morgan fingerprint density at radius 3 is 2.78 bits per heavy atom. The van der Waals surface area contributed by atoms with Crippen molar-refractivity contribution in [2.24, 2.45) is 11.8 Å². The molecule has 1 rings (SSSR count). The normalized spacial score (nSPS) is 12.4. The van der Waals surface area contributed by atoms with Crippen LogP contribution in [0, 0.1) is 18.8 Å². The fraction of sp³-hybridized carbons (Fsp3) is 0.615. The van der Waals surface area contributed by atoms with Gasteiger partial charge in [0, 0.05) is 19.2 Å². The Bertz CT molecular complexity index is 394. The summed E-state index contributed by atoms with van der Waals surface area (Å²) in [5.41, 5.74) is 0. The summed E-state index contributed by atoms with van der Waals surface area (Å²) in [7, 11) is 0. The highest BCUT2D eigenvalue weighted by Gasteiger charge is 2.15. The van der Waals surface area contributed by atoms with Crippen LogP contribution in [0.1, 0.15) is 32.5 Å². The number of anilines is 1. The zero-order chi connectivity index (χ0) is 13.5. The van der Waals surface area contributed by atoms with Crippen molar-refractivity contribution in [3.8, 4) is 0 Å². The molecule has 2 N–H and O–H groups in total. The van der Waals surface area contributed by atoms with E-state index in [1.54, 1.807) is 12.3 Å². The second-order valence-corrected chi connectivity index (χ2v) is 4.96. The van der Waals surface area contributed by atoms with Crippen LogP contribution < -0.4 is 5.32 Å². The van der Waals surface area contributed by atoms with E-state index < -0.39 is 5.97 Å². The molecular formula is C13H21N3O2. The van der Waals surface area contributed by atoms with E-state index in [1.807, 2.05) is 6.92 Å². The molecule has 1 unspecified atom stereocenters. The molecule has 1 aromatic rings. The number of carbonyl (C=O) groups is 1. The van der Waals surface area contributed by atoms with Crippen molar-refractivity contribution in [1.82, 2.24) is 9.97 Å². The van der Waals surface area contributed by atoms with Gasteiger partial charge in [-0.25, -0.2) is 9.97 Å². The third kappa shape index (κ3) is 5.61. The summed E-state index contributed by atoms with van der Waals surface area (Å²) in [5.74, 6) is 1.32. The molecule has 0 aliphatic rings. The highest BCUT2D eigenvalue weighted by atomic mass is 16.4. The third-order valence-electron chi connectivity index (χ3n) is 2.62. The zero-order valence-corrected chi connectivity index (χ0v) is 11.2. The minimum absolute atomic E-state index is 0.123. The van der Waals surface area contributed by atoms with Gasteiger partial charge in [0.15, 0.2) is 0 Å². The monoisotopic (exact) mass is 251 g/mol. The van der Waals surface area contributed by atoms with E-state index >= 15 is 0 Å². The molecule has 5 heteroatoms. The van der Waals surface area contributed by atoms with Crippen molar-refractivity contribution in [3.05, 3.63) is 18.1 Å². The number of aryl methyl sites for hydroxylation is 1. The Labute approximate surface area is 108 Å². The quantitative estimate of drug-likeness (QED) is 0.778. The molecule has 0 spiro atoms. The van der Waals surface area contributed by atoms with E-state index in [1.165, 1.54) is 0 Å². The molecule has 0 radical (unpaired) electrons. The first-order valence-electron chi connectivity index (χ1n) is 6.22. The van der Waals surface area contributed by atoms with E-state index in [0.717, 1.165) is 12.2 Å². The highest BCUT2D eigenvalue weighted by Crippen LogP contribution is 2.16. The van der Waals surface area contributed by atoms with E-state index in [4.69, 9.17) is 5.11 Å². The van der Waals surface area contributed by atoms with Crippen LogP contribution in [0.4, 0.5) is 5.82 Å². The molecule has 0 fully saturated rings. The number of carboxylic acids is 1. The predicted octanol–water partition coefficient (Wildman–Crippen LogP) is 2.33. The molecular weight excluding hydrogens is 230 g/mol. The fourth-order valence-corrected chi connectivity index (χ4v) is 1.96. The second-order valence-electron chi connectivity index (χ2n) is 4.96. The van der Waals surface area contributed by atoms with Gasteiger partial charge >= 0.3 is 5.97 Å². The molecule has 1 atom stereocenters. The van der Waals surface area contributed by atoms with Crippen molar-refractivity contribution in [1.29, 1.82) is 0 Å². The number of hydrogen-bond acceptors (Lipinski definition) is 4. The molecule has 0 aliphatic carbocycles. The smallest absolute Gasteiger partial charge is 0.303 e. The average molecular weight is 251 g/mol. The Morgan fingerprint density at radius 2 is 2.22 bits per heavy atom. The largest absolute Gasteiger partial charge is 0.481 e. The maximum atomic E-state index is 10.8. The molecule has 0 saturated heterocycles. The van der Waals surface area contributed by atoms with Crippen molar-refractivity contribution in [2.45, 2.75) is 33.6 Å². The Balaban J connectivity index is 2.52. The highest BCUT2D eigenvalue weighted by molar-refractivity contribution is 5.67. The Kier molecular flexibility index (Phi) is 5.55. The van der Waals surface area contributed by atoms with Gasteiger partial charge in [0.25, 0.3) is 0 Å². The van der Waals surface area contributed by atoms with Crippen LogP contribution in [-0.4, -0.2) is 27.6 Å². The van der Waals surface area contributed by atoms with Gasteiger partial charge in [0.1, 0.15) is 11.6 Å². The number of carboxylic acid groups (broad SMARTS) is 1. The maximum Gasteiger partial charge on any atom is 0.303 e. The van der Waals surface area contributed by atoms with Crippen LogP contribution in [0.15, 0.2) is 12.3 Å². The van der Waals surface area contributed by atoms with Gasteiger partial charge < -0.3 is 10.4 Å². The molecule has 5 nitrogen and oxygen atoms in total. The lowest BCUT2D eigenvalue weighted by molar-refractivity contribution is -0.138. The van der Waals surface area contributed by atoms with Crippen LogP contribution in [0.3, 0.4) is 0 Å². The first kappa shape index (κ1) is 14.4. The maximum absolute atomic E-state index is 10.8. The summed E-state index contributed by atoms with van der Waals surface area (Å²) >= 11 is 0. The number of aromatic nitrogens is 2. The molecule has 0 amide bonds. The Hall–Kier alpha value is -1.65. The summed E-state index contributed by atoms with van der Waals surface area (Å²) in [6.07, 6.45) is 2.78. The second kappa shape index (κ2) is 6.93. The van der Waals surface area contributed by atoms with Crippen LogP contribution in [-0.2, 0) is 4.79 Å². The van der Waals surface area contributed by atoms with Crippen LogP contribution in [0.2, 0.25) is 0 Å². The lowest BCUT2D eigenvalue weighted by atomic mass is 9.94. The van der Waals surface area contributed by atoms with E-state index in [9.17, 15) is 4.79 Å². The topological polar surface area (TPSA) is 75.1 Å². The summed E-state index contributed by atoms with van der Waals surface area (Å²) in [6.45, 7) is 6.66. The number of aliphatic carboxylic acids is 1. The summed E-state index contributed by atoms with van der Waals surface area (Å²) < 4.78 is 0. The molecule has 18 heavy (non-hydrogen) atoms. The molecule has 0 saturated carbocycles. The Morgan fingerprint density at radius 1 is 1.50 bits per heavy atom. The predicted molar refractivity (Wildman–Crippen MR) is 70.5 cm³/mol. The zero-order valence-electron chi connectivity index (χ0n) is 11.2. The minimum Gasteiger partial charge on any atom is -0.481 e. The lowest BCUT2D eigenvalue weighted by Crippen LogP contribution is -2.20. The van der Waals surface area contributed by atoms with Crippen molar-refractivity contribution in [3.63, 3.8) is 0 Å². The van der Waals surface area contributed by atoms with Crippen LogP contribution in [0.25, 0.3) is 0 Å². The van der Waals surface area contributed by atoms with Crippen molar-refractivity contribution < 1.29 is 9.90 Å². The SMILES string of the molecule is Cc1nccc(NCC(CC(=O)O)CC(C)C)n1. The molecule has 0 aromatic carbocycles. The average Bonchev–Trinajstić information content (AvgIpc) is 2.24. The standard InChI is InChI=1S/C13H21N3O2/c1-9(2)6-11(7-13(17)18)8-15-12-4-5-14-10(3)16-12/h4-5,9,11H,6-8H2,1-3H3,(H,17,18)(H,14,15,16). The number of hydrogen-bond donors (Lipinski definition) is 2. The molecule has 100 valence electrons. The first-order chi connectivity index (χ1) is 8.47. The van der Waals surface area contributed by atoms with Gasteiger partial charge in [0.2, 0.25) is 0 Å². The third-order valence-corrected chi connectivity index (χ3v) is 2.62. The summed E-state index contributed by atoms with van der Waals surface area (Å²) in [5, 5.41) is 12.1. The van der Waals surface area contributed by atoms with Crippen molar-refractivity contribution in [2.75, 3.05) is 11.9 Å².